The van der Waals surface area contributed by atoms with Crippen molar-refractivity contribution in [2.24, 2.45) is 0 Å². The van der Waals surface area contributed by atoms with E-state index < -0.39 is 22.9 Å². The predicted molar refractivity (Wildman–Crippen MR) is 158 cm³/mol. The molecule has 1 aliphatic carbocycles. The fourth-order valence-electron chi connectivity index (χ4n) is 6.95. The molecule has 3 aliphatic heterocycles. The maximum Gasteiger partial charge on any atom is 0.266 e. The summed E-state index contributed by atoms with van der Waals surface area (Å²) in [6, 6.07) is 18.7. The zero-order valence-corrected chi connectivity index (χ0v) is 24.7. The second-order valence-corrected chi connectivity index (χ2v) is 13.7. The standard InChI is InChI=1S/C33H31N3O4S/c1-7-31(4)30(2,3)36(31)19-10-14-21(15-11-19)41-20-12-8-18(9-13-20)35-28(39)24-16-22-23(17-25(24)29(35)40)27(38)33(6)32(5,34-33)26(22)37/h8-17,34H,7H2,1-6H3. The first-order chi connectivity index (χ1) is 19.3. The first kappa shape index (κ1) is 26.2. The lowest BCUT2D eigenvalue weighted by molar-refractivity contribution is 0.0854. The lowest BCUT2D eigenvalue weighted by Crippen LogP contribution is -2.41. The summed E-state index contributed by atoms with van der Waals surface area (Å²) in [6.45, 7) is 12.5. The lowest BCUT2D eigenvalue weighted by Gasteiger charge is -2.22. The van der Waals surface area contributed by atoms with E-state index in [1.165, 1.54) is 17.8 Å². The summed E-state index contributed by atoms with van der Waals surface area (Å²) in [5.74, 6) is -1.46. The zero-order valence-electron chi connectivity index (χ0n) is 23.9. The molecular weight excluding hydrogens is 534 g/mol. The summed E-state index contributed by atoms with van der Waals surface area (Å²) >= 11 is 1.61. The van der Waals surface area contributed by atoms with Crippen LogP contribution in [0.1, 0.15) is 89.4 Å². The Morgan fingerprint density at radius 2 is 1.10 bits per heavy atom. The minimum Gasteiger partial charge on any atom is -0.356 e. The number of amides is 2. The SMILES string of the molecule is CCC1(C)N(c2ccc(Sc3ccc(N4C(=O)c5cc6c(cc5C4=O)C(=O)C4(C)NC4(C)C6=O)cc3)cc2)C1(C)C. The van der Waals surface area contributed by atoms with Gasteiger partial charge in [0.1, 0.15) is 11.1 Å². The normalized spacial score (nSPS) is 28.9. The van der Waals surface area contributed by atoms with E-state index in [9.17, 15) is 19.2 Å². The van der Waals surface area contributed by atoms with Crippen molar-refractivity contribution in [1.29, 1.82) is 0 Å². The van der Waals surface area contributed by atoms with E-state index in [0.29, 0.717) is 5.69 Å². The maximum atomic E-state index is 13.4. The molecule has 0 spiro atoms. The number of anilines is 2. The number of nitrogens with one attached hydrogen (secondary N) is 1. The van der Waals surface area contributed by atoms with Gasteiger partial charge < -0.3 is 4.90 Å². The molecule has 1 N–H and O–H groups in total. The van der Waals surface area contributed by atoms with Gasteiger partial charge in [-0.15, -0.1) is 0 Å². The van der Waals surface area contributed by atoms with Crippen LogP contribution < -0.4 is 15.1 Å². The molecule has 0 saturated carbocycles. The highest BCUT2D eigenvalue weighted by molar-refractivity contribution is 7.99. The van der Waals surface area contributed by atoms with Crippen LogP contribution in [0.25, 0.3) is 0 Å². The van der Waals surface area contributed by atoms with E-state index in [4.69, 9.17) is 0 Å². The first-order valence-corrected chi connectivity index (χ1v) is 14.7. The minimum absolute atomic E-state index is 0.134. The quantitative estimate of drug-likeness (QED) is 0.304. The molecule has 7 rings (SSSR count). The fourth-order valence-corrected chi connectivity index (χ4v) is 7.77. The summed E-state index contributed by atoms with van der Waals surface area (Å²) < 4.78 is 0. The molecular formula is C33H31N3O4S. The molecule has 2 saturated heterocycles. The average molecular weight is 566 g/mol. The van der Waals surface area contributed by atoms with Crippen LogP contribution >= 0.6 is 11.8 Å². The Balaban J connectivity index is 1.11. The molecule has 0 bridgehead atoms. The Labute approximate surface area is 243 Å². The van der Waals surface area contributed by atoms with E-state index in [1.54, 1.807) is 37.7 Å². The van der Waals surface area contributed by atoms with Gasteiger partial charge in [-0.3, -0.25) is 24.5 Å². The molecule has 3 heterocycles. The number of imide groups is 1. The van der Waals surface area contributed by atoms with Gasteiger partial charge in [0, 0.05) is 26.6 Å². The lowest BCUT2D eigenvalue weighted by atomic mass is 9.75. The number of fused-ring (bicyclic) bond motifs is 3. The molecule has 2 amide bonds. The number of ketones is 2. The highest BCUT2D eigenvalue weighted by atomic mass is 32.2. The third-order valence-corrected chi connectivity index (χ3v) is 11.3. The smallest absolute Gasteiger partial charge is 0.266 e. The Morgan fingerprint density at radius 3 is 1.51 bits per heavy atom. The molecule has 7 nitrogen and oxygen atoms in total. The number of hydrogen-bond donors (Lipinski definition) is 1. The maximum absolute atomic E-state index is 13.4. The van der Waals surface area contributed by atoms with Gasteiger partial charge in [-0.1, -0.05) is 18.7 Å². The van der Waals surface area contributed by atoms with Gasteiger partial charge in [0.2, 0.25) is 0 Å². The molecule has 3 atom stereocenters. The van der Waals surface area contributed by atoms with Gasteiger partial charge in [-0.2, -0.15) is 0 Å². The topological polar surface area (TPSA) is 96.5 Å². The van der Waals surface area contributed by atoms with Crippen LogP contribution in [0.5, 0.6) is 0 Å². The van der Waals surface area contributed by atoms with Crippen molar-refractivity contribution in [3.8, 4) is 0 Å². The summed E-state index contributed by atoms with van der Waals surface area (Å²) in [5, 5.41) is 3.02. The summed E-state index contributed by atoms with van der Waals surface area (Å²) in [5.41, 5.74) is 0.684. The van der Waals surface area contributed by atoms with Crippen molar-refractivity contribution in [3.05, 3.63) is 82.9 Å². The van der Waals surface area contributed by atoms with Gasteiger partial charge in [0.05, 0.1) is 27.9 Å². The second kappa shape index (κ2) is 7.95. The molecule has 8 heteroatoms. The van der Waals surface area contributed by atoms with E-state index in [-0.39, 0.29) is 44.9 Å². The summed E-state index contributed by atoms with van der Waals surface area (Å²) in [7, 11) is 0. The van der Waals surface area contributed by atoms with Crippen molar-refractivity contribution in [2.45, 2.75) is 79.9 Å². The van der Waals surface area contributed by atoms with Gasteiger partial charge in [0.15, 0.2) is 11.6 Å². The molecule has 208 valence electrons. The van der Waals surface area contributed by atoms with Crippen molar-refractivity contribution < 1.29 is 19.2 Å². The number of benzene rings is 3. The third kappa shape index (κ3) is 3.20. The Morgan fingerprint density at radius 1 is 0.659 bits per heavy atom. The van der Waals surface area contributed by atoms with Crippen LogP contribution in [-0.4, -0.2) is 45.5 Å². The van der Waals surface area contributed by atoms with Crippen LogP contribution in [-0.2, 0) is 0 Å². The third-order valence-electron chi connectivity index (χ3n) is 10.3. The van der Waals surface area contributed by atoms with Gasteiger partial charge >= 0.3 is 0 Å². The van der Waals surface area contributed by atoms with Gasteiger partial charge in [-0.25, -0.2) is 4.90 Å². The van der Waals surface area contributed by atoms with Crippen LogP contribution in [0.4, 0.5) is 11.4 Å². The first-order valence-electron chi connectivity index (χ1n) is 13.9. The van der Waals surface area contributed by atoms with E-state index in [1.807, 2.05) is 12.1 Å². The largest absolute Gasteiger partial charge is 0.356 e. The number of hydrogen-bond acceptors (Lipinski definition) is 7. The molecule has 2 fully saturated rings. The summed E-state index contributed by atoms with van der Waals surface area (Å²) in [4.78, 5) is 58.7. The van der Waals surface area contributed by atoms with Crippen LogP contribution in [0.15, 0.2) is 70.5 Å². The molecule has 3 unspecified atom stereocenters. The van der Waals surface area contributed by atoms with Crippen LogP contribution in [0.3, 0.4) is 0 Å². The van der Waals surface area contributed by atoms with Gasteiger partial charge in [0.25, 0.3) is 11.8 Å². The molecule has 41 heavy (non-hydrogen) atoms. The number of nitrogens with zero attached hydrogens (tertiary/aromatic N) is 2. The summed E-state index contributed by atoms with van der Waals surface area (Å²) in [6.07, 6.45) is 1.09. The monoisotopic (exact) mass is 565 g/mol. The highest BCUT2D eigenvalue weighted by Gasteiger charge is 2.72. The molecule has 0 radical (unpaired) electrons. The molecule has 3 aromatic carbocycles. The Kier molecular flexibility index (Phi) is 5.08. The van der Waals surface area contributed by atoms with E-state index in [2.05, 4.69) is 62.2 Å². The predicted octanol–water partition coefficient (Wildman–Crippen LogP) is 5.91. The second-order valence-electron chi connectivity index (χ2n) is 12.5. The van der Waals surface area contributed by atoms with Crippen molar-refractivity contribution >= 4 is 46.5 Å². The van der Waals surface area contributed by atoms with Crippen molar-refractivity contribution in [2.75, 3.05) is 9.80 Å². The fraction of sp³-hybridized carbons (Fsp3) is 0.333. The number of carbonyl (C=O) groups excluding carboxylic acids is 4. The molecule has 0 aromatic heterocycles. The number of Topliss-reactive ketones (excluding diaryl/α,β-unsaturated/α-hetero) is 2. The average Bonchev–Trinajstić information content (AvgIpc) is 3.66. The van der Waals surface area contributed by atoms with Crippen molar-refractivity contribution in [3.63, 3.8) is 0 Å². The zero-order chi connectivity index (χ0) is 29.3. The highest BCUT2D eigenvalue weighted by Crippen LogP contribution is 2.56. The molecule has 4 aliphatic rings. The minimum atomic E-state index is -0.979. The number of carbonyl (C=O) groups is 4. The molecule has 3 aromatic rings. The van der Waals surface area contributed by atoms with E-state index in [0.717, 1.165) is 21.1 Å². The van der Waals surface area contributed by atoms with E-state index >= 15 is 0 Å². The van der Waals surface area contributed by atoms with Gasteiger partial charge in [-0.05, 0) is 102 Å². The Hall–Kier alpha value is -3.75. The van der Waals surface area contributed by atoms with Crippen LogP contribution in [0, 0.1) is 0 Å². The number of rotatable bonds is 5. The van der Waals surface area contributed by atoms with Crippen molar-refractivity contribution in [1.82, 2.24) is 5.32 Å². The van der Waals surface area contributed by atoms with Crippen LogP contribution in [0.2, 0.25) is 0 Å². The Bertz CT molecular complexity index is 1670.